The molecular weight excluding hydrogens is 374 g/mol. The molecule has 0 spiro atoms. The number of piperidine rings is 1. The number of aromatic nitrogens is 2. The van der Waals surface area contributed by atoms with E-state index in [0.717, 1.165) is 30.2 Å². The second kappa shape index (κ2) is 7.40. The lowest BCUT2D eigenvalue weighted by Crippen LogP contribution is -2.35. The number of halogens is 1. The van der Waals surface area contributed by atoms with Crippen LogP contribution in [0.25, 0.3) is 21.3 Å². The highest BCUT2D eigenvalue weighted by Gasteiger charge is 2.25. The van der Waals surface area contributed by atoms with E-state index in [9.17, 15) is 0 Å². The van der Waals surface area contributed by atoms with Crippen molar-refractivity contribution in [2.45, 2.75) is 47.0 Å². The summed E-state index contributed by atoms with van der Waals surface area (Å²) in [6.45, 7) is 11.0. The highest BCUT2D eigenvalue weighted by molar-refractivity contribution is 7.19. The van der Waals surface area contributed by atoms with Crippen molar-refractivity contribution in [3.63, 3.8) is 0 Å². The van der Waals surface area contributed by atoms with Crippen LogP contribution in [-0.2, 0) is 6.42 Å². The summed E-state index contributed by atoms with van der Waals surface area (Å²) in [6, 6.07) is 6.75. The number of thiophene rings is 1. The Morgan fingerprint density at radius 1 is 1.22 bits per heavy atom. The van der Waals surface area contributed by atoms with E-state index < -0.39 is 0 Å². The molecule has 1 unspecified atom stereocenters. The maximum atomic E-state index is 6.33. The van der Waals surface area contributed by atoms with Crippen LogP contribution in [0.15, 0.2) is 18.2 Å². The maximum absolute atomic E-state index is 6.33. The standard InChI is InChI=1S/C22H26ClN3S/c1-5-17-18(16-9-8-14(3)15(4)11-16)19-20(24-22(23)25-21(19)27-17)26-10-6-7-13(2)12-26/h8-9,11,13H,5-7,10,12H2,1-4H3. The fourth-order valence-corrected chi connectivity index (χ4v) is 5.41. The quantitative estimate of drug-likeness (QED) is 0.475. The van der Waals surface area contributed by atoms with Crippen molar-refractivity contribution in [1.82, 2.24) is 9.97 Å². The summed E-state index contributed by atoms with van der Waals surface area (Å²) in [7, 11) is 0. The molecule has 3 aromatic rings. The van der Waals surface area contributed by atoms with Crippen LogP contribution < -0.4 is 4.90 Å². The molecule has 0 N–H and O–H groups in total. The summed E-state index contributed by atoms with van der Waals surface area (Å²) in [5, 5.41) is 1.53. The molecule has 1 aromatic carbocycles. The van der Waals surface area contributed by atoms with E-state index in [2.05, 4.69) is 55.8 Å². The van der Waals surface area contributed by atoms with E-state index in [1.165, 1.54) is 45.4 Å². The van der Waals surface area contributed by atoms with Gasteiger partial charge in [0.15, 0.2) is 0 Å². The van der Waals surface area contributed by atoms with Gasteiger partial charge in [-0.15, -0.1) is 11.3 Å². The molecule has 0 bridgehead atoms. The van der Waals surface area contributed by atoms with Gasteiger partial charge in [0.1, 0.15) is 10.6 Å². The van der Waals surface area contributed by atoms with Gasteiger partial charge in [0, 0.05) is 23.5 Å². The van der Waals surface area contributed by atoms with Crippen LogP contribution in [0.3, 0.4) is 0 Å². The van der Waals surface area contributed by atoms with Crippen molar-refractivity contribution < 1.29 is 0 Å². The molecular formula is C22H26ClN3S. The Morgan fingerprint density at radius 3 is 2.74 bits per heavy atom. The lowest BCUT2D eigenvalue weighted by atomic mass is 9.97. The largest absolute Gasteiger partial charge is 0.356 e. The average molecular weight is 400 g/mol. The van der Waals surface area contributed by atoms with Crippen molar-refractivity contribution >= 4 is 39.0 Å². The number of fused-ring (bicyclic) bond motifs is 1. The van der Waals surface area contributed by atoms with Crippen molar-refractivity contribution in [3.8, 4) is 11.1 Å². The topological polar surface area (TPSA) is 29.0 Å². The van der Waals surface area contributed by atoms with Crippen molar-refractivity contribution in [2.75, 3.05) is 18.0 Å². The van der Waals surface area contributed by atoms with Gasteiger partial charge in [0.05, 0.1) is 5.39 Å². The SMILES string of the molecule is CCc1sc2nc(Cl)nc(N3CCCC(C)C3)c2c1-c1ccc(C)c(C)c1. The second-order valence-corrected chi connectivity index (χ2v) is 9.16. The zero-order chi connectivity index (χ0) is 19.1. The van der Waals surface area contributed by atoms with Gasteiger partial charge < -0.3 is 4.90 Å². The molecule has 1 aliphatic rings. The van der Waals surface area contributed by atoms with Gasteiger partial charge in [-0.1, -0.05) is 32.0 Å². The first-order chi connectivity index (χ1) is 13.0. The van der Waals surface area contributed by atoms with Crippen LogP contribution in [0.2, 0.25) is 5.28 Å². The molecule has 4 rings (SSSR count). The molecule has 1 aliphatic heterocycles. The number of nitrogens with zero attached hydrogens (tertiary/aromatic N) is 3. The Kier molecular flexibility index (Phi) is 5.13. The molecule has 142 valence electrons. The third kappa shape index (κ3) is 3.45. The van der Waals surface area contributed by atoms with Gasteiger partial charge in [0.2, 0.25) is 5.28 Å². The Bertz CT molecular complexity index is 995. The smallest absolute Gasteiger partial charge is 0.225 e. The first-order valence-electron chi connectivity index (χ1n) is 9.79. The molecule has 0 saturated carbocycles. The minimum absolute atomic E-state index is 0.353. The Balaban J connectivity index is 1.98. The van der Waals surface area contributed by atoms with Gasteiger partial charge in [-0.3, -0.25) is 0 Å². The Morgan fingerprint density at radius 2 is 2.04 bits per heavy atom. The minimum Gasteiger partial charge on any atom is -0.356 e. The summed E-state index contributed by atoms with van der Waals surface area (Å²) >= 11 is 8.09. The first-order valence-corrected chi connectivity index (χ1v) is 11.0. The Labute approximate surface area is 170 Å². The monoisotopic (exact) mass is 399 g/mol. The van der Waals surface area contributed by atoms with Crippen molar-refractivity contribution in [2.24, 2.45) is 5.92 Å². The van der Waals surface area contributed by atoms with Crippen LogP contribution in [0.5, 0.6) is 0 Å². The summed E-state index contributed by atoms with van der Waals surface area (Å²) in [5.74, 6) is 1.69. The zero-order valence-corrected chi connectivity index (χ0v) is 18.0. The summed E-state index contributed by atoms with van der Waals surface area (Å²) < 4.78 is 0. The summed E-state index contributed by atoms with van der Waals surface area (Å²) in [6.07, 6.45) is 3.47. The third-order valence-electron chi connectivity index (χ3n) is 5.65. The molecule has 27 heavy (non-hydrogen) atoms. The lowest BCUT2D eigenvalue weighted by molar-refractivity contribution is 0.445. The van der Waals surface area contributed by atoms with E-state index in [1.807, 2.05) is 0 Å². The second-order valence-electron chi connectivity index (χ2n) is 7.74. The molecule has 3 nitrogen and oxygen atoms in total. The van der Waals surface area contributed by atoms with Crippen molar-refractivity contribution in [3.05, 3.63) is 39.5 Å². The first kappa shape index (κ1) is 18.7. The highest BCUT2D eigenvalue weighted by Crippen LogP contribution is 2.43. The van der Waals surface area contributed by atoms with Gasteiger partial charge in [-0.2, -0.15) is 4.98 Å². The number of aryl methyl sites for hydroxylation is 3. The molecule has 0 radical (unpaired) electrons. The van der Waals surface area contributed by atoms with Crippen LogP contribution in [-0.4, -0.2) is 23.1 Å². The van der Waals surface area contributed by atoms with E-state index in [1.54, 1.807) is 11.3 Å². The summed E-state index contributed by atoms with van der Waals surface area (Å²) in [5.41, 5.74) is 5.20. The van der Waals surface area contributed by atoms with E-state index in [0.29, 0.717) is 11.2 Å². The molecule has 0 amide bonds. The van der Waals surface area contributed by atoms with Gasteiger partial charge in [-0.05, 0) is 67.3 Å². The third-order valence-corrected chi connectivity index (χ3v) is 7.05. The van der Waals surface area contributed by atoms with Gasteiger partial charge in [-0.25, -0.2) is 4.98 Å². The molecule has 1 saturated heterocycles. The highest BCUT2D eigenvalue weighted by atomic mass is 35.5. The van der Waals surface area contributed by atoms with Crippen LogP contribution in [0, 0.1) is 19.8 Å². The van der Waals surface area contributed by atoms with E-state index in [4.69, 9.17) is 16.6 Å². The number of anilines is 1. The predicted molar refractivity (Wildman–Crippen MR) is 117 cm³/mol. The number of benzene rings is 1. The fourth-order valence-electron chi connectivity index (χ4n) is 4.07. The number of rotatable bonds is 3. The average Bonchev–Trinajstić information content (AvgIpc) is 3.01. The van der Waals surface area contributed by atoms with E-state index >= 15 is 0 Å². The molecule has 1 atom stereocenters. The molecule has 5 heteroatoms. The van der Waals surface area contributed by atoms with Crippen LogP contribution in [0.1, 0.15) is 42.7 Å². The maximum Gasteiger partial charge on any atom is 0.225 e. The zero-order valence-electron chi connectivity index (χ0n) is 16.5. The van der Waals surface area contributed by atoms with Gasteiger partial charge in [0.25, 0.3) is 0 Å². The predicted octanol–water partition coefficient (Wildman–Crippen LogP) is 6.43. The fraction of sp³-hybridized carbons (Fsp3) is 0.455. The van der Waals surface area contributed by atoms with Crippen LogP contribution in [0.4, 0.5) is 5.82 Å². The van der Waals surface area contributed by atoms with Crippen molar-refractivity contribution in [1.29, 1.82) is 0 Å². The normalized spacial score (nSPS) is 17.7. The molecule has 0 aliphatic carbocycles. The van der Waals surface area contributed by atoms with E-state index in [-0.39, 0.29) is 0 Å². The van der Waals surface area contributed by atoms with Crippen LogP contribution >= 0.6 is 22.9 Å². The molecule has 3 heterocycles. The minimum atomic E-state index is 0.353. The molecule has 1 fully saturated rings. The number of hydrogen-bond acceptors (Lipinski definition) is 4. The van der Waals surface area contributed by atoms with Gasteiger partial charge >= 0.3 is 0 Å². The number of hydrogen-bond donors (Lipinski definition) is 0. The molecule has 2 aromatic heterocycles. The Hall–Kier alpha value is -1.65. The summed E-state index contributed by atoms with van der Waals surface area (Å²) in [4.78, 5) is 14.1. The lowest BCUT2D eigenvalue weighted by Gasteiger charge is -2.32.